The molecule has 1 aliphatic rings. The van der Waals surface area contributed by atoms with Gasteiger partial charge in [-0.3, -0.25) is 4.57 Å². The van der Waals surface area contributed by atoms with Gasteiger partial charge in [-0.1, -0.05) is 42.8 Å². The number of aromatic nitrogens is 7. The van der Waals surface area contributed by atoms with Gasteiger partial charge in [-0.2, -0.15) is 0 Å². The van der Waals surface area contributed by atoms with Crippen LogP contribution in [0.25, 0.3) is 5.69 Å². The first-order chi connectivity index (χ1) is 13.8. The molecule has 1 fully saturated rings. The average molecular weight is 419 g/mol. The van der Waals surface area contributed by atoms with Gasteiger partial charge in [0.1, 0.15) is 0 Å². The lowest BCUT2D eigenvalue weighted by Gasteiger charge is -2.18. The topological polar surface area (TPSA) is 77.5 Å². The predicted molar refractivity (Wildman–Crippen MR) is 110 cm³/mol. The molecule has 4 rings (SSSR count). The molecule has 0 amide bonds. The third-order valence-electron chi connectivity index (χ3n) is 4.73. The highest BCUT2D eigenvalue weighted by atomic mass is 35.5. The van der Waals surface area contributed by atoms with Crippen LogP contribution in [-0.4, -0.2) is 48.1 Å². The van der Waals surface area contributed by atoms with Crippen LogP contribution in [0.4, 0.5) is 5.95 Å². The molecule has 1 saturated heterocycles. The molecule has 0 bridgehead atoms. The van der Waals surface area contributed by atoms with E-state index in [1.54, 1.807) is 11.8 Å². The predicted octanol–water partition coefficient (Wildman–Crippen LogP) is 3.60. The molecule has 1 aliphatic heterocycles. The number of benzene rings is 1. The van der Waals surface area contributed by atoms with Crippen LogP contribution in [0.1, 0.15) is 38.4 Å². The van der Waals surface area contributed by atoms with Gasteiger partial charge in [0.25, 0.3) is 0 Å². The van der Waals surface area contributed by atoms with Crippen molar-refractivity contribution in [1.82, 2.24) is 35.0 Å². The number of hydrogen-bond acceptors (Lipinski definition) is 7. The van der Waals surface area contributed by atoms with Gasteiger partial charge >= 0.3 is 0 Å². The molecule has 0 unspecified atom stereocenters. The van der Waals surface area contributed by atoms with E-state index in [0.717, 1.165) is 55.1 Å². The number of aryl methyl sites for hydroxylation is 1. The highest BCUT2D eigenvalue weighted by molar-refractivity contribution is 7.98. The van der Waals surface area contributed by atoms with Crippen molar-refractivity contribution in [1.29, 1.82) is 0 Å². The Morgan fingerprint density at radius 2 is 2.00 bits per heavy atom. The van der Waals surface area contributed by atoms with E-state index in [0.29, 0.717) is 10.8 Å². The summed E-state index contributed by atoms with van der Waals surface area (Å²) in [7, 11) is 0. The van der Waals surface area contributed by atoms with E-state index in [2.05, 4.69) is 42.1 Å². The largest absolute Gasteiger partial charge is 0.341 e. The molecule has 1 aromatic carbocycles. The zero-order valence-electron chi connectivity index (χ0n) is 15.8. The SMILES string of the molecule is CCCCn1nnnc1CSc1nnc(N2CCCC2)n1-c1cccc(Cl)c1. The van der Waals surface area contributed by atoms with E-state index in [9.17, 15) is 0 Å². The van der Waals surface area contributed by atoms with Crippen LogP contribution in [0.15, 0.2) is 29.4 Å². The maximum Gasteiger partial charge on any atom is 0.232 e. The van der Waals surface area contributed by atoms with E-state index in [-0.39, 0.29) is 0 Å². The monoisotopic (exact) mass is 418 g/mol. The fourth-order valence-corrected chi connectivity index (χ4v) is 4.32. The molecular formula is C18H23ClN8S. The van der Waals surface area contributed by atoms with Crippen LogP contribution < -0.4 is 4.90 Å². The maximum absolute atomic E-state index is 6.25. The van der Waals surface area contributed by atoms with E-state index < -0.39 is 0 Å². The van der Waals surface area contributed by atoms with Crippen molar-refractivity contribution in [2.75, 3.05) is 18.0 Å². The third-order valence-corrected chi connectivity index (χ3v) is 5.89. The number of rotatable bonds is 8. The second-order valence-corrected chi connectivity index (χ2v) is 8.13. The Morgan fingerprint density at radius 1 is 1.14 bits per heavy atom. The summed E-state index contributed by atoms with van der Waals surface area (Å²) in [5.74, 6) is 2.35. The Balaban J connectivity index is 1.61. The summed E-state index contributed by atoms with van der Waals surface area (Å²) >= 11 is 7.84. The Labute approximate surface area is 173 Å². The minimum absolute atomic E-state index is 0.634. The summed E-state index contributed by atoms with van der Waals surface area (Å²) in [6.07, 6.45) is 4.52. The van der Waals surface area contributed by atoms with Gasteiger partial charge in [-0.25, -0.2) is 4.68 Å². The summed E-state index contributed by atoms with van der Waals surface area (Å²) in [5, 5.41) is 22.6. The van der Waals surface area contributed by atoms with Crippen molar-refractivity contribution in [2.45, 2.75) is 50.1 Å². The van der Waals surface area contributed by atoms with Gasteiger partial charge in [-0.15, -0.1) is 15.3 Å². The Kier molecular flexibility index (Phi) is 6.11. The van der Waals surface area contributed by atoms with E-state index in [1.165, 1.54) is 12.8 Å². The molecule has 0 saturated carbocycles. The van der Waals surface area contributed by atoms with Gasteiger partial charge in [-0.05, 0) is 47.9 Å². The first kappa shape index (κ1) is 19.2. The van der Waals surface area contributed by atoms with E-state index in [1.807, 2.05) is 28.9 Å². The van der Waals surface area contributed by atoms with Gasteiger partial charge in [0, 0.05) is 24.7 Å². The number of nitrogens with zero attached hydrogens (tertiary/aromatic N) is 8. The molecule has 2 aromatic heterocycles. The normalized spacial score (nSPS) is 14.1. The van der Waals surface area contributed by atoms with Crippen LogP contribution in [0.3, 0.4) is 0 Å². The zero-order chi connectivity index (χ0) is 19.3. The number of tetrazole rings is 1. The second kappa shape index (κ2) is 8.91. The highest BCUT2D eigenvalue weighted by Crippen LogP contribution is 2.30. The number of halogens is 1. The Hall–Kier alpha value is -2.13. The van der Waals surface area contributed by atoms with Crippen LogP contribution in [0.2, 0.25) is 5.02 Å². The Morgan fingerprint density at radius 3 is 2.79 bits per heavy atom. The van der Waals surface area contributed by atoms with Crippen LogP contribution in [0.5, 0.6) is 0 Å². The highest BCUT2D eigenvalue weighted by Gasteiger charge is 2.23. The minimum Gasteiger partial charge on any atom is -0.341 e. The molecule has 0 aliphatic carbocycles. The van der Waals surface area contributed by atoms with Crippen LogP contribution in [0, 0.1) is 0 Å². The van der Waals surface area contributed by atoms with Crippen molar-refractivity contribution in [3.05, 3.63) is 35.1 Å². The maximum atomic E-state index is 6.25. The number of hydrogen-bond donors (Lipinski definition) is 0. The average Bonchev–Trinajstić information content (AvgIpc) is 3.44. The molecule has 0 atom stereocenters. The van der Waals surface area contributed by atoms with E-state index >= 15 is 0 Å². The summed E-state index contributed by atoms with van der Waals surface area (Å²) in [5.41, 5.74) is 0.965. The molecule has 3 heterocycles. The summed E-state index contributed by atoms with van der Waals surface area (Å²) in [6, 6.07) is 7.80. The van der Waals surface area contributed by atoms with Crippen LogP contribution >= 0.6 is 23.4 Å². The molecule has 28 heavy (non-hydrogen) atoms. The second-order valence-electron chi connectivity index (χ2n) is 6.75. The quantitative estimate of drug-likeness (QED) is 0.517. The molecular weight excluding hydrogens is 396 g/mol. The molecule has 10 heteroatoms. The number of unbranched alkanes of at least 4 members (excludes halogenated alkanes) is 1. The van der Waals surface area contributed by atoms with Crippen LogP contribution in [-0.2, 0) is 12.3 Å². The van der Waals surface area contributed by atoms with E-state index in [4.69, 9.17) is 11.6 Å². The smallest absolute Gasteiger partial charge is 0.232 e. The Bertz CT molecular complexity index is 918. The van der Waals surface area contributed by atoms with Crippen molar-refractivity contribution in [3.63, 3.8) is 0 Å². The van der Waals surface area contributed by atoms with Gasteiger partial charge in [0.05, 0.1) is 11.4 Å². The lowest BCUT2D eigenvalue weighted by molar-refractivity contribution is 0.540. The molecule has 0 spiro atoms. The fraction of sp³-hybridized carbons (Fsp3) is 0.500. The fourth-order valence-electron chi connectivity index (χ4n) is 3.26. The summed E-state index contributed by atoms with van der Waals surface area (Å²) in [6.45, 7) is 4.99. The van der Waals surface area contributed by atoms with Gasteiger partial charge < -0.3 is 4.90 Å². The minimum atomic E-state index is 0.634. The lowest BCUT2D eigenvalue weighted by atomic mass is 10.3. The van der Waals surface area contributed by atoms with Crippen molar-refractivity contribution >= 4 is 29.3 Å². The van der Waals surface area contributed by atoms with Crippen molar-refractivity contribution < 1.29 is 0 Å². The summed E-state index contributed by atoms with van der Waals surface area (Å²) in [4.78, 5) is 2.28. The molecule has 148 valence electrons. The molecule has 0 radical (unpaired) electrons. The third kappa shape index (κ3) is 4.15. The molecule has 0 N–H and O–H groups in total. The van der Waals surface area contributed by atoms with Crippen molar-refractivity contribution in [2.24, 2.45) is 0 Å². The first-order valence-corrected chi connectivity index (χ1v) is 11.0. The zero-order valence-corrected chi connectivity index (χ0v) is 17.4. The number of thioether (sulfide) groups is 1. The first-order valence-electron chi connectivity index (χ1n) is 9.60. The van der Waals surface area contributed by atoms with Crippen molar-refractivity contribution in [3.8, 4) is 5.69 Å². The number of anilines is 1. The lowest BCUT2D eigenvalue weighted by Crippen LogP contribution is -2.22. The van der Waals surface area contributed by atoms with Gasteiger partial charge in [0.15, 0.2) is 11.0 Å². The standard InChI is InChI=1S/C18H23ClN8S/c1-2-3-11-26-16(20-23-24-26)13-28-18-22-21-17(25-9-4-5-10-25)27(18)15-8-6-7-14(19)12-15/h6-8,12H,2-5,9-11,13H2,1H3. The van der Waals surface area contributed by atoms with Gasteiger partial charge in [0.2, 0.25) is 5.95 Å². The molecule has 3 aromatic rings. The molecule has 8 nitrogen and oxygen atoms in total. The summed E-state index contributed by atoms with van der Waals surface area (Å²) < 4.78 is 3.96.